The molecule has 0 radical (unpaired) electrons. The zero-order valence-corrected chi connectivity index (χ0v) is 7.96. The van der Waals surface area contributed by atoms with Gasteiger partial charge in [-0.2, -0.15) is 0 Å². The van der Waals surface area contributed by atoms with E-state index in [1.165, 1.54) is 32.1 Å². The summed E-state index contributed by atoms with van der Waals surface area (Å²) < 4.78 is 0. The molecule has 3 atom stereocenters. The lowest BCUT2D eigenvalue weighted by Gasteiger charge is -2.34. The molecule has 3 unspecified atom stereocenters. The molecule has 4 rings (SSSR count). The average Bonchev–Trinajstić information content (AvgIpc) is 2.82. The van der Waals surface area contributed by atoms with Gasteiger partial charge in [-0.05, 0) is 31.7 Å². The van der Waals surface area contributed by atoms with E-state index in [0.717, 1.165) is 6.54 Å². The van der Waals surface area contributed by atoms with Crippen molar-refractivity contribution in [1.82, 2.24) is 5.32 Å². The summed E-state index contributed by atoms with van der Waals surface area (Å²) in [6.07, 6.45) is 6.18. The van der Waals surface area contributed by atoms with Crippen LogP contribution in [-0.2, 0) is 4.79 Å². The van der Waals surface area contributed by atoms with Crippen molar-refractivity contribution in [1.29, 1.82) is 0 Å². The maximum atomic E-state index is 12.0. The summed E-state index contributed by atoms with van der Waals surface area (Å²) >= 11 is 0. The van der Waals surface area contributed by atoms with Gasteiger partial charge in [-0.25, -0.2) is 0 Å². The number of carbonyl (C=O) groups excluding carboxylic acids is 1. The van der Waals surface area contributed by atoms with Gasteiger partial charge in [0.1, 0.15) is 5.78 Å². The first-order valence-electron chi connectivity index (χ1n) is 5.63. The molecular formula is C11H17NO. The van der Waals surface area contributed by atoms with E-state index in [2.05, 4.69) is 5.32 Å². The van der Waals surface area contributed by atoms with E-state index < -0.39 is 0 Å². The second-order valence-corrected chi connectivity index (χ2v) is 4.92. The maximum absolute atomic E-state index is 12.0. The molecule has 2 nitrogen and oxygen atoms in total. The van der Waals surface area contributed by atoms with Gasteiger partial charge in [0, 0.05) is 17.9 Å². The number of hydrogen-bond acceptors (Lipinski definition) is 2. The summed E-state index contributed by atoms with van der Waals surface area (Å²) in [5, 5.41) is 3.43. The fourth-order valence-corrected chi connectivity index (χ4v) is 3.39. The van der Waals surface area contributed by atoms with Crippen molar-refractivity contribution in [3.05, 3.63) is 0 Å². The highest BCUT2D eigenvalue weighted by molar-refractivity contribution is 5.86. The Labute approximate surface area is 79.1 Å². The van der Waals surface area contributed by atoms with Crippen molar-refractivity contribution in [3.63, 3.8) is 0 Å². The van der Waals surface area contributed by atoms with Crippen molar-refractivity contribution in [2.45, 2.75) is 38.1 Å². The van der Waals surface area contributed by atoms with Crippen LogP contribution in [0.25, 0.3) is 0 Å². The third-order valence-corrected chi connectivity index (χ3v) is 4.23. The highest BCUT2D eigenvalue weighted by atomic mass is 16.1. The first-order valence-corrected chi connectivity index (χ1v) is 5.63. The second-order valence-electron chi connectivity index (χ2n) is 4.92. The maximum Gasteiger partial charge on any atom is 0.140 e. The molecule has 0 aromatic heterocycles. The summed E-state index contributed by atoms with van der Waals surface area (Å²) in [5.74, 6) is 2.17. The molecule has 2 aliphatic heterocycles. The molecule has 2 saturated carbocycles. The molecule has 0 aromatic rings. The van der Waals surface area contributed by atoms with Crippen LogP contribution < -0.4 is 5.32 Å². The standard InChI is InChI=1S/C11H17NO/c13-11(7-3-1-2-4-7)10-8-5-9(10)12-6-8/h7-10,12H,1-6H2. The van der Waals surface area contributed by atoms with E-state index in [9.17, 15) is 4.79 Å². The summed E-state index contributed by atoms with van der Waals surface area (Å²) in [6, 6.07) is 0.568. The van der Waals surface area contributed by atoms with Gasteiger partial charge in [-0.1, -0.05) is 12.8 Å². The third-order valence-electron chi connectivity index (χ3n) is 4.23. The molecule has 2 bridgehead atoms. The Balaban J connectivity index is 1.68. The van der Waals surface area contributed by atoms with Crippen LogP contribution in [0.15, 0.2) is 0 Å². The monoisotopic (exact) mass is 179 g/mol. The van der Waals surface area contributed by atoms with E-state index in [0.29, 0.717) is 29.6 Å². The fraction of sp³-hybridized carbons (Fsp3) is 0.909. The van der Waals surface area contributed by atoms with E-state index in [-0.39, 0.29) is 0 Å². The van der Waals surface area contributed by atoms with Gasteiger partial charge < -0.3 is 5.32 Å². The largest absolute Gasteiger partial charge is 0.313 e. The number of Topliss-reactive ketones (excluding diaryl/α,β-unsaturated/α-hetero) is 1. The van der Waals surface area contributed by atoms with Crippen LogP contribution in [0.1, 0.15) is 32.1 Å². The molecule has 2 heterocycles. The van der Waals surface area contributed by atoms with Crippen LogP contribution in [-0.4, -0.2) is 18.4 Å². The van der Waals surface area contributed by atoms with Crippen LogP contribution in [0.4, 0.5) is 0 Å². The third kappa shape index (κ3) is 1.08. The topological polar surface area (TPSA) is 29.1 Å². The van der Waals surface area contributed by atoms with Crippen molar-refractivity contribution < 1.29 is 4.79 Å². The van der Waals surface area contributed by atoms with Crippen molar-refractivity contribution in [2.75, 3.05) is 6.54 Å². The number of ketones is 1. The summed E-state index contributed by atoms with van der Waals surface area (Å²) in [5.41, 5.74) is 0. The SMILES string of the molecule is O=C(C1CCCC1)C1C2CNC1C2. The second kappa shape index (κ2) is 2.81. The molecule has 0 spiro atoms. The number of rotatable bonds is 2. The Morgan fingerprint density at radius 3 is 2.54 bits per heavy atom. The number of fused-ring (bicyclic) bond motifs is 1. The van der Waals surface area contributed by atoms with Gasteiger partial charge in [-0.3, -0.25) is 4.79 Å². The van der Waals surface area contributed by atoms with Crippen molar-refractivity contribution >= 4 is 5.78 Å². The zero-order chi connectivity index (χ0) is 8.84. The number of hydrogen-bond donors (Lipinski definition) is 1. The van der Waals surface area contributed by atoms with E-state index >= 15 is 0 Å². The van der Waals surface area contributed by atoms with Crippen molar-refractivity contribution in [3.8, 4) is 0 Å². The molecule has 2 heteroatoms. The molecular weight excluding hydrogens is 162 g/mol. The minimum absolute atomic E-state index is 0.420. The van der Waals surface area contributed by atoms with Crippen LogP contribution >= 0.6 is 0 Å². The molecule has 2 aliphatic carbocycles. The molecule has 1 N–H and O–H groups in total. The molecule has 72 valence electrons. The van der Waals surface area contributed by atoms with Gasteiger partial charge in [0.2, 0.25) is 0 Å². The summed E-state index contributed by atoms with van der Waals surface area (Å²) in [4.78, 5) is 12.0. The predicted octanol–water partition coefficient (Wildman–Crippen LogP) is 1.35. The number of nitrogens with one attached hydrogen (secondary N) is 1. The average molecular weight is 179 g/mol. The van der Waals surface area contributed by atoms with E-state index in [1.54, 1.807) is 0 Å². The zero-order valence-electron chi connectivity index (χ0n) is 7.96. The normalized spacial score (nSPS) is 43.5. The molecule has 4 fully saturated rings. The fourth-order valence-electron chi connectivity index (χ4n) is 3.39. The van der Waals surface area contributed by atoms with E-state index in [1.807, 2.05) is 0 Å². The molecule has 0 amide bonds. The Morgan fingerprint density at radius 1 is 1.23 bits per heavy atom. The van der Waals surface area contributed by atoms with Crippen LogP contribution in [0.2, 0.25) is 0 Å². The summed E-state index contributed by atoms with van der Waals surface area (Å²) in [6.45, 7) is 1.10. The summed E-state index contributed by atoms with van der Waals surface area (Å²) in [7, 11) is 0. The first-order chi connectivity index (χ1) is 6.36. The molecule has 2 saturated heterocycles. The highest BCUT2D eigenvalue weighted by Gasteiger charge is 2.51. The minimum Gasteiger partial charge on any atom is -0.313 e. The molecule has 4 aliphatic rings. The Morgan fingerprint density at radius 2 is 2.00 bits per heavy atom. The van der Waals surface area contributed by atoms with Gasteiger partial charge in [-0.15, -0.1) is 0 Å². The smallest absolute Gasteiger partial charge is 0.140 e. The first kappa shape index (κ1) is 7.98. The lowest BCUT2D eigenvalue weighted by molar-refractivity contribution is -0.131. The quantitative estimate of drug-likeness (QED) is 0.693. The lowest BCUT2D eigenvalue weighted by atomic mass is 9.69. The van der Waals surface area contributed by atoms with Crippen LogP contribution in [0.3, 0.4) is 0 Å². The van der Waals surface area contributed by atoms with Gasteiger partial charge in [0.05, 0.1) is 0 Å². The van der Waals surface area contributed by atoms with E-state index in [4.69, 9.17) is 0 Å². The number of carbonyl (C=O) groups is 1. The Bertz CT molecular complexity index is 218. The predicted molar refractivity (Wildman–Crippen MR) is 50.4 cm³/mol. The van der Waals surface area contributed by atoms with Gasteiger partial charge in [0.25, 0.3) is 0 Å². The van der Waals surface area contributed by atoms with Gasteiger partial charge in [0.15, 0.2) is 0 Å². The van der Waals surface area contributed by atoms with Crippen LogP contribution in [0, 0.1) is 17.8 Å². The molecule has 13 heavy (non-hydrogen) atoms. The molecule has 0 aromatic carbocycles. The highest BCUT2D eigenvalue weighted by Crippen LogP contribution is 2.43. The van der Waals surface area contributed by atoms with Gasteiger partial charge >= 0.3 is 0 Å². The Hall–Kier alpha value is -0.370. The lowest BCUT2D eigenvalue weighted by Crippen LogP contribution is -2.44. The minimum atomic E-state index is 0.420. The van der Waals surface area contributed by atoms with Crippen molar-refractivity contribution in [2.24, 2.45) is 17.8 Å². The van der Waals surface area contributed by atoms with Crippen LogP contribution in [0.5, 0.6) is 0 Å². The Kier molecular flexibility index (Phi) is 1.72.